The van der Waals surface area contributed by atoms with Gasteiger partial charge in [-0.15, -0.1) is 0 Å². The van der Waals surface area contributed by atoms with E-state index in [2.05, 4.69) is 16.9 Å². The van der Waals surface area contributed by atoms with Gasteiger partial charge in [0.1, 0.15) is 12.8 Å². The van der Waals surface area contributed by atoms with Crippen LogP contribution >= 0.6 is 0 Å². The van der Waals surface area contributed by atoms with Crippen molar-refractivity contribution in [3.8, 4) is 5.88 Å². The van der Waals surface area contributed by atoms with E-state index in [1.165, 1.54) is 24.8 Å². The zero-order valence-electron chi connectivity index (χ0n) is 9.70. The second-order valence-corrected chi connectivity index (χ2v) is 4.20. The molecule has 0 aliphatic carbocycles. The van der Waals surface area contributed by atoms with Crippen LogP contribution < -0.4 is 4.74 Å². The first-order chi connectivity index (χ1) is 8.16. The van der Waals surface area contributed by atoms with Crippen molar-refractivity contribution in [2.45, 2.75) is 18.9 Å². The molecule has 1 saturated heterocycles. The lowest BCUT2D eigenvalue weighted by atomic mass is 10.2. The summed E-state index contributed by atoms with van der Waals surface area (Å²) in [6, 6.07) is 3.36. The van der Waals surface area contributed by atoms with Crippen molar-refractivity contribution in [3.05, 3.63) is 28.4 Å². The van der Waals surface area contributed by atoms with E-state index in [1.54, 1.807) is 0 Å². The molecule has 92 valence electrons. The Morgan fingerprint density at radius 3 is 3.00 bits per heavy atom. The topological polar surface area (TPSA) is 68.5 Å². The molecule has 0 spiro atoms. The third kappa shape index (κ3) is 2.91. The van der Waals surface area contributed by atoms with Gasteiger partial charge >= 0.3 is 0 Å². The molecule has 2 rings (SSSR count). The van der Waals surface area contributed by atoms with Gasteiger partial charge in [-0.2, -0.15) is 0 Å². The van der Waals surface area contributed by atoms with Crippen molar-refractivity contribution in [3.63, 3.8) is 0 Å². The minimum atomic E-state index is -0.471. The Bertz CT molecular complexity index is 393. The van der Waals surface area contributed by atoms with Gasteiger partial charge in [-0.1, -0.05) is 0 Å². The Kier molecular flexibility index (Phi) is 3.53. The van der Waals surface area contributed by atoms with Gasteiger partial charge in [0, 0.05) is 18.2 Å². The Hall–Kier alpha value is -1.69. The second kappa shape index (κ2) is 5.09. The quantitative estimate of drug-likeness (QED) is 0.585. The highest BCUT2D eigenvalue weighted by molar-refractivity contribution is 5.28. The summed E-state index contributed by atoms with van der Waals surface area (Å²) >= 11 is 0. The van der Waals surface area contributed by atoms with Crippen molar-refractivity contribution in [2.75, 3.05) is 20.2 Å². The number of likely N-dealkylation sites (N-methyl/N-ethyl adjacent to an activating group) is 1. The largest absolute Gasteiger partial charge is 0.476 e. The zero-order chi connectivity index (χ0) is 12.3. The van der Waals surface area contributed by atoms with Gasteiger partial charge in [0.25, 0.3) is 5.69 Å². The first kappa shape index (κ1) is 11.8. The predicted molar refractivity (Wildman–Crippen MR) is 62.0 cm³/mol. The van der Waals surface area contributed by atoms with Crippen LogP contribution in [0.2, 0.25) is 0 Å². The van der Waals surface area contributed by atoms with E-state index >= 15 is 0 Å². The van der Waals surface area contributed by atoms with Gasteiger partial charge in [-0.3, -0.25) is 10.1 Å². The smallest absolute Gasteiger partial charge is 0.287 e. The SMILES string of the molecule is CN1CCC[C@H]1COc1ccc([N+](=O)[O-])cn1. The van der Waals surface area contributed by atoms with Crippen LogP contribution in [0.4, 0.5) is 5.69 Å². The number of nitrogens with zero attached hydrogens (tertiary/aromatic N) is 3. The normalized spacial score (nSPS) is 20.4. The Morgan fingerprint density at radius 2 is 2.47 bits per heavy atom. The molecule has 2 heterocycles. The van der Waals surface area contributed by atoms with E-state index in [4.69, 9.17) is 4.74 Å². The molecule has 1 aromatic heterocycles. The molecule has 0 aromatic carbocycles. The lowest BCUT2D eigenvalue weighted by Crippen LogP contribution is -2.30. The standard InChI is InChI=1S/C11H15N3O3/c1-13-6-2-3-10(13)8-17-11-5-4-9(7-12-11)14(15)16/h4-5,7,10H,2-3,6,8H2,1H3/t10-/m0/s1. The third-order valence-corrected chi connectivity index (χ3v) is 3.03. The minimum absolute atomic E-state index is 0.0182. The molecule has 0 saturated carbocycles. The van der Waals surface area contributed by atoms with Gasteiger partial charge < -0.3 is 9.64 Å². The van der Waals surface area contributed by atoms with Crippen LogP contribution in [0, 0.1) is 10.1 Å². The van der Waals surface area contributed by atoms with E-state index in [0.29, 0.717) is 18.5 Å². The van der Waals surface area contributed by atoms with Gasteiger partial charge in [-0.25, -0.2) is 4.98 Å². The van der Waals surface area contributed by atoms with Crippen molar-refractivity contribution >= 4 is 5.69 Å². The van der Waals surface area contributed by atoms with Gasteiger partial charge in [0.05, 0.1) is 4.92 Å². The number of rotatable bonds is 4. The average molecular weight is 237 g/mol. The first-order valence-corrected chi connectivity index (χ1v) is 5.60. The third-order valence-electron chi connectivity index (χ3n) is 3.03. The number of aromatic nitrogens is 1. The highest BCUT2D eigenvalue weighted by Gasteiger charge is 2.21. The van der Waals surface area contributed by atoms with E-state index in [1.807, 2.05) is 0 Å². The van der Waals surface area contributed by atoms with E-state index in [0.717, 1.165) is 13.0 Å². The molecule has 1 atom stereocenters. The number of likely N-dealkylation sites (tertiary alicyclic amines) is 1. The second-order valence-electron chi connectivity index (χ2n) is 4.20. The van der Waals surface area contributed by atoms with Crippen molar-refractivity contribution < 1.29 is 9.66 Å². The molecule has 0 radical (unpaired) electrons. The number of pyridine rings is 1. The number of hydrogen-bond acceptors (Lipinski definition) is 5. The molecule has 1 aliphatic heterocycles. The monoisotopic (exact) mass is 237 g/mol. The maximum Gasteiger partial charge on any atom is 0.287 e. The highest BCUT2D eigenvalue weighted by atomic mass is 16.6. The fourth-order valence-corrected chi connectivity index (χ4v) is 1.94. The van der Waals surface area contributed by atoms with Crippen molar-refractivity contribution in [1.82, 2.24) is 9.88 Å². The molecule has 6 heteroatoms. The first-order valence-electron chi connectivity index (χ1n) is 5.60. The highest BCUT2D eigenvalue weighted by Crippen LogP contribution is 2.17. The van der Waals surface area contributed by atoms with Crippen LogP contribution in [0.15, 0.2) is 18.3 Å². The van der Waals surface area contributed by atoms with E-state index in [-0.39, 0.29) is 5.69 Å². The van der Waals surface area contributed by atoms with Crippen molar-refractivity contribution in [1.29, 1.82) is 0 Å². The molecule has 0 bridgehead atoms. The number of nitro groups is 1. The summed E-state index contributed by atoms with van der Waals surface area (Å²) < 4.78 is 5.52. The average Bonchev–Trinajstić information content (AvgIpc) is 2.73. The summed E-state index contributed by atoms with van der Waals surface area (Å²) in [6.07, 6.45) is 3.54. The molecular formula is C11H15N3O3. The maximum absolute atomic E-state index is 10.4. The molecule has 17 heavy (non-hydrogen) atoms. The van der Waals surface area contributed by atoms with E-state index < -0.39 is 4.92 Å². The van der Waals surface area contributed by atoms with Gasteiger partial charge in [-0.05, 0) is 26.4 Å². The Morgan fingerprint density at radius 1 is 1.65 bits per heavy atom. The summed E-state index contributed by atoms with van der Waals surface area (Å²) in [6.45, 7) is 1.68. The summed E-state index contributed by atoms with van der Waals surface area (Å²) in [4.78, 5) is 16.1. The van der Waals surface area contributed by atoms with Gasteiger partial charge in [0.2, 0.25) is 5.88 Å². The zero-order valence-corrected chi connectivity index (χ0v) is 9.70. The summed E-state index contributed by atoms with van der Waals surface area (Å²) in [5.41, 5.74) is -0.0182. The van der Waals surface area contributed by atoms with Crippen LogP contribution in [0.1, 0.15) is 12.8 Å². The fraction of sp³-hybridized carbons (Fsp3) is 0.545. The van der Waals surface area contributed by atoms with Crippen LogP contribution in [-0.2, 0) is 0 Å². The lowest BCUT2D eigenvalue weighted by molar-refractivity contribution is -0.385. The summed E-state index contributed by atoms with van der Waals surface area (Å²) in [5.74, 6) is 0.441. The van der Waals surface area contributed by atoms with Gasteiger partial charge in [0.15, 0.2) is 0 Å². The predicted octanol–water partition coefficient (Wildman–Crippen LogP) is 1.46. The lowest BCUT2D eigenvalue weighted by Gasteiger charge is -2.19. The molecule has 0 N–H and O–H groups in total. The Balaban J connectivity index is 1.88. The summed E-state index contributed by atoms with van der Waals surface area (Å²) in [7, 11) is 2.07. The molecule has 1 fully saturated rings. The van der Waals surface area contributed by atoms with Crippen LogP contribution in [0.5, 0.6) is 5.88 Å². The molecule has 0 unspecified atom stereocenters. The van der Waals surface area contributed by atoms with Crippen molar-refractivity contribution in [2.24, 2.45) is 0 Å². The molecular weight excluding hydrogens is 222 g/mol. The van der Waals surface area contributed by atoms with Crippen LogP contribution in [-0.4, -0.2) is 41.0 Å². The van der Waals surface area contributed by atoms with E-state index in [9.17, 15) is 10.1 Å². The van der Waals surface area contributed by atoms with Crippen LogP contribution in [0.25, 0.3) is 0 Å². The summed E-state index contributed by atoms with van der Waals surface area (Å²) in [5, 5.41) is 10.4. The molecule has 1 aromatic rings. The Labute approximate surface area is 99.4 Å². The number of hydrogen-bond donors (Lipinski definition) is 0. The fourth-order valence-electron chi connectivity index (χ4n) is 1.94. The molecule has 0 amide bonds. The maximum atomic E-state index is 10.4. The molecule has 6 nitrogen and oxygen atoms in total. The van der Waals surface area contributed by atoms with Crippen LogP contribution in [0.3, 0.4) is 0 Å². The number of ether oxygens (including phenoxy) is 1. The molecule has 1 aliphatic rings. The minimum Gasteiger partial charge on any atom is -0.476 e.